The van der Waals surface area contributed by atoms with E-state index in [0.29, 0.717) is 6.54 Å². The number of rotatable bonds is 5. The highest BCUT2D eigenvalue weighted by Gasteiger charge is 2.12. The van der Waals surface area contributed by atoms with E-state index in [0.717, 1.165) is 28.2 Å². The first-order chi connectivity index (χ1) is 10.6. The molecule has 0 fully saturated rings. The lowest BCUT2D eigenvalue weighted by Gasteiger charge is -2.15. The fourth-order valence-electron chi connectivity index (χ4n) is 2.59. The van der Waals surface area contributed by atoms with E-state index in [1.165, 1.54) is 0 Å². The molecule has 1 atom stereocenters. The summed E-state index contributed by atoms with van der Waals surface area (Å²) in [7, 11) is 0. The Hall–Kier alpha value is -2.33. The molecule has 0 spiro atoms. The first kappa shape index (κ1) is 14.6. The average molecular weight is 296 g/mol. The fraction of sp³-hybridized carbons (Fsp3) is 0.278. The number of aryl methyl sites for hydroxylation is 2. The molecule has 4 nitrogen and oxygen atoms in total. The Bertz CT molecular complexity index is 780. The zero-order chi connectivity index (χ0) is 15.5. The Morgan fingerprint density at radius 3 is 2.77 bits per heavy atom. The van der Waals surface area contributed by atoms with Gasteiger partial charge < -0.3 is 14.4 Å². The van der Waals surface area contributed by atoms with Gasteiger partial charge in [-0.2, -0.15) is 0 Å². The molecule has 114 valence electrons. The fourth-order valence-corrected chi connectivity index (χ4v) is 2.59. The quantitative estimate of drug-likeness (QED) is 0.787. The zero-order valence-electron chi connectivity index (χ0n) is 12.9. The average Bonchev–Trinajstić information content (AvgIpc) is 2.81. The topological polar surface area (TPSA) is 47.3 Å². The zero-order valence-corrected chi connectivity index (χ0v) is 12.9. The Kier molecular flexibility index (Phi) is 4.11. The maximum Gasteiger partial charge on any atom is 0.119 e. The lowest BCUT2D eigenvalue weighted by molar-refractivity contribution is 0.0929. The molecule has 1 heterocycles. The lowest BCUT2D eigenvalue weighted by atomic mass is 10.2. The van der Waals surface area contributed by atoms with Gasteiger partial charge >= 0.3 is 0 Å². The second-order valence-electron chi connectivity index (χ2n) is 5.54. The van der Waals surface area contributed by atoms with Crippen molar-refractivity contribution in [2.75, 3.05) is 6.61 Å². The van der Waals surface area contributed by atoms with Gasteiger partial charge in [-0.3, -0.25) is 0 Å². The van der Waals surface area contributed by atoms with Crippen LogP contribution in [0.4, 0.5) is 0 Å². The molecule has 1 N–H and O–H groups in total. The lowest BCUT2D eigenvalue weighted by Crippen LogP contribution is -2.24. The molecule has 0 aliphatic carbocycles. The van der Waals surface area contributed by atoms with Crippen molar-refractivity contribution in [2.45, 2.75) is 26.5 Å². The smallest absolute Gasteiger partial charge is 0.119 e. The van der Waals surface area contributed by atoms with E-state index < -0.39 is 6.10 Å². The highest BCUT2D eigenvalue weighted by Crippen LogP contribution is 2.17. The Morgan fingerprint density at radius 2 is 1.95 bits per heavy atom. The van der Waals surface area contributed by atoms with Gasteiger partial charge in [0.2, 0.25) is 0 Å². The van der Waals surface area contributed by atoms with E-state index in [-0.39, 0.29) is 6.61 Å². The van der Waals surface area contributed by atoms with Crippen LogP contribution in [0.15, 0.2) is 48.5 Å². The number of aromatic nitrogens is 2. The summed E-state index contributed by atoms with van der Waals surface area (Å²) in [6, 6.07) is 15.8. The van der Waals surface area contributed by atoms with Crippen LogP contribution in [0.5, 0.6) is 5.75 Å². The normalized spacial score (nSPS) is 12.5. The first-order valence-corrected chi connectivity index (χ1v) is 7.43. The number of hydrogen-bond acceptors (Lipinski definition) is 3. The second-order valence-corrected chi connectivity index (χ2v) is 5.54. The summed E-state index contributed by atoms with van der Waals surface area (Å²) in [6.45, 7) is 4.70. The van der Waals surface area contributed by atoms with Crippen molar-refractivity contribution < 1.29 is 9.84 Å². The molecule has 1 unspecified atom stereocenters. The number of benzene rings is 2. The van der Waals surface area contributed by atoms with Crippen LogP contribution in [-0.2, 0) is 6.54 Å². The molecule has 22 heavy (non-hydrogen) atoms. The predicted molar refractivity (Wildman–Crippen MR) is 87.2 cm³/mol. The summed E-state index contributed by atoms with van der Waals surface area (Å²) in [4.78, 5) is 4.51. The molecular formula is C18H20N2O2. The summed E-state index contributed by atoms with van der Waals surface area (Å²) < 4.78 is 7.69. The largest absolute Gasteiger partial charge is 0.491 e. The molecule has 1 aromatic heterocycles. The highest BCUT2D eigenvalue weighted by molar-refractivity contribution is 5.75. The highest BCUT2D eigenvalue weighted by atomic mass is 16.5. The standard InChI is InChI=1S/C18H20N2O2/c1-13-6-5-7-16(10-13)22-12-15(21)11-20-14(2)19-17-8-3-4-9-18(17)20/h3-10,15,21H,11-12H2,1-2H3. The second kappa shape index (κ2) is 6.20. The van der Waals surface area contributed by atoms with Crippen LogP contribution >= 0.6 is 0 Å². The van der Waals surface area contributed by atoms with Crippen LogP contribution in [0.25, 0.3) is 11.0 Å². The SMILES string of the molecule is Cc1cccc(OCC(O)Cn2c(C)nc3ccccc32)c1. The first-order valence-electron chi connectivity index (χ1n) is 7.43. The molecule has 0 saturated carbocycles. The van der Waals surface area contributed by atoms with E-state index in [4.69, 9.17) is 4.74 Å². The Morgan fingerprint density at radius 1 is 1.14 bits per heavy atom. The van der Waals surface area contributed by atoms with E-state index in [2.05, 4.69) is 4.98 Å². The summed E-state index contributed by atoms with van der Waals surface area (Å²) >= 11 is 0. The van der Waals surface area contributed by atoms with Crippen LogP contribution in [-0.4, -0.2) is 27.4 Å². The molecule has 0 bridgehead atoms. The van der Waals surface area contributed by atoms with Gasteiger partial charge in [0.25, 0.3) is 0 Å². The maximum absolute atomic E-state index is 10.3. The number of para-hydroxylation sites is 2. The van der Waals surface area contributed by atoms with Crippen molar-refractivity contribution in [1.82, 2.24) is 9.55 Å². The molecule has 0 aliphatic rings. The van der Waals surface area contributed by atoms with E-state index in [1.807, 2.05) is 66.9 Å². The van der Waals surface area contributed by atoms with E-state index in [1.54, 1.807) is 0 Å². The molecule has 0 amide bonds. The van der Waals surface area contributed by atoms with Crippen molar-refractivity contribution >= 4 is 11.0 Å². The third-order valence-corrected chi connectivity index (χ3v) is 3.67. The molecular weight excluding hydrogens is 276 g/mol. The molecule has 0 aliphatic heterocycles. The molecule has 3 rings (SSSR count). The Balaban J connectivity index is 1.68. The van der Waals surface area contributed by atoms with E-state index >= 15 is 0 Å². The molecule has 0 radical (unpaired) electrons. The van der Waals surface area contributed by atoms with Gasteiger partial charge in [0.1, 0.15) is 24.3 Å². The summed E-state index contributed by atoms with van der Waals surface area (Å²) in [5.74, 6) is 1.68. The van der Waals surface area contributed by atoms with Crippen molar-refractivity contribution in [3.05, 3.63) is 59.9 Å². The third-order valence-electron chi connectivity index (χ3n) is 3.67. The predicted octanol–water partition coefficient (Wildman–Crippen LogP) is 3.09. The van der Waals surface area contributed by atoms with Crippen molar-refractivity contribution in [3.63, 3.8) is 0 Å². The number of imidazole rings is 1. The van der Waals surface area contributed by atoms with Gasteiger partial charge in [0.15, 0.2) is 0 Å². The maximum atomic E-state index is 10.3. The van der Waals surface area contributed by atoms with Crippen LogP contribution in [0.2, 0.25) is 0 Å². The van der Waals surface area contributed by atoms with Crippen LogP contribution in [0.3, 0.4) is 0 Å². The minimum atomic E-state index is -0.586. The van der Waals surface area contributed by atoms with Crippen molar-refractivity contribution in [2.24, 2.45) is 0 Å². The third kappa shape index (κ3) is 3.12. The van der Waals surface area contributed by atoms with E-state index in [9.17, 15) is 5.11 Å². The molecule has 3 aromatic rings. The van der Waals surface area contributed by atoms with Crippen LogP contribution in [0, 0.1) is 13.8 Å². The number of hydrogen-bond donors (Lipinski definition) is 1. The number of fused-ring (bicyclic) bond motifs is 1. The van der Waals surface area contributed by atoms with Gasteiger partial charge in [0, 0.05) is 0 Å². The Labute approximate surface area is 130 Å². The number of aliphatic hydroxyl groups excluding tert-OH is 1. The summed E-state index contributed by atoms with van der Waals surface area (Å²) in [5, 5.41) is 10.3. The molecule has 4 heteroatoms. The van der Waals surface area contributed by atoms with Gasteiger partial charge in [-0.15, -0.1) is 0 Å². The minimum Gasteiger partial charge on any atom is -0.491 e. The van der Waals surface area contributed by atoms with Crippen molar-refractivity contribution in [1.29, 1.82) is 0 Å². The van der Waals surface area contributed by atoms with Crippen molar-refractivity contribution in [3.8, 4) is 5.75 Å². The van der Waals surface area contributed by atoms with Gasteiger partial charge in [-0.05, 0) is 43.7 Å². The summed E-state index contributed by atoms with van der Waals surface area (Å²) in [5.41, 5.74) is 3.13. The monoisotopic (exact) mass is 296 g/mol. The molecule has 0 saturated heterocycles. The number of nitrogens with zero attached hydrogens (tertiary/aromatic N) is 2. The van der Waals surface area contributed by atoms with Crippen LogP contribution < -0.4 is 4.74 Å². The number of aliphatic hydroxyl groups is 1. The van der Waals surface area contributed by atoms with Gasteiger partial charge in [0.05, 0.1) is 17.6 Å². The van der Waals surface area contributed by atoms with Gasteiger partial charge in [-0.1, -0.05) is 24.3 Å². The number of ether oxygens (including phenoxy) is 1. The minimum absolute atomic E-state index is 0.259. The summed E-state index contributed by atoms with van der Waals surface area (Å²) in [6.07, 6.45) is -0.586. The molecule has 2 aromatic carbocycles. The van der Waals surface area contributed by atoms with Gasteiger partial charge in [-0.25, -0.2) is 4.98 Å². The van der Waals surface area contributed by atoms with Crippen LogP contribution in [0.1, 0.15) is 11.4 Å².